The molecule has 35 heavy (non-hydrogen) atoms. The van der Waals surface area contributed by atoms with E-state index in [9.17, 15) is 9.59 Å². The van der Waals surface area contributed by atoms with E-state index in [1.165, 1.54) is 0 Å². The maximum absolute atomic E-state index is 13.7. The number of amides is 2. The topological polar surface area (TPSA) is 67.9 Å². The smallest absolute Gasteiger partial charge is 0.243 e. The third-order valence-corrected chi connectivity index (χ3v) is 5.70. The lowest BCUT2D eigenvalue weighted by molar-refractivity contribution is -0.141. The summed E-state index contributed by atoms with van der Waals surface area (Å²) in [5.74, 6) is 1.14. The maximum atomic E-state index is 13.7. The number of benzene rings is 3. The van der Waals surface area contributed by atoms with Crippen molar-refractivity contribution in [3.8, 4) is 11.5 Å². The summed E-state index contributed by atoms with van der Waals surface area (Å²) in [7, 11) is 3.22. The molecule has 0 aliphatic rings. The van der Waals surface area contributed by atoms with Crippen LogP contribution in [-0.4, -0.2) is 43.0 Å². The lowest BCUT2D eigenvalue weighted by Crippen LogP contribution is -2.52. The minimum atomic E-state index is -0.670. The highest BCUT2D eigenvalue weighted by molar-refractivity contribution is 5.89. The lowest BCUT2D eigenvalue weighted by atomic mass is 10.0. The van der Waals surface area contributed by atoms with Crippen LogP contribution in [0.15, 0.2) is 78.9 Å². The van der Waals surface area contributed by atoms with E-state index in [-0.39, 0.29) is 30.8 Å². The summed E-state index contributed by atoms with van der Waals surface area (Å²) in [6, 6.07) is 24.1. The van der Waals surface area contributed by atoms with Gasteiger partial charge in [-0.05, 0) is 54.8 Å². The van der Waals surface area contributed by atoms with Gasteiger partial charge in [-0.2, -0.15) is 0 Å². The van der Waals surface area contributed by atoms with E-state index in [2.05, 4.69) is 5.32 Å². The van der Waals surface area contributed by atoms with Crippen molar-refractivity contribution in [3.63, 3.8) is 0 Å². The number of nitrogens with zero attached hydrogens (tertiary/aromatic N) is 1. The normalized spacial score (nSPS) is 11.6. The summed E-state index contributed by atoms with van der Waals surface area (Å²) in [5, 5.41) is 3.01. The Bertz CT molecular complexity index is 1100. The van der Waals surface area contributed by atoms with Gasteiger partial charge in [-0.3, -0.25) is 9.59 Å². The van der Waals surface area contributed by atoms with Crippen molar-refractivity contribution < 1.29 is 19.1 Å². The van der Waals surface area contributed by atoms with Crippen LogP contribution >= 0.6 is 0 Å². The number of carbonyl (C=O) groups is 2. The minimum absolute atomic E-state index is 0.0452. The van der Waals surface area contributed by atoms with Crippen molar-refractivity contribution in [2.75, 3.05) is 14.2 Å². The Morgan fingerprint density at radius 1 is 0.800 bits per heavy atom. The zero-order chi connectivity index (χ0) is 25.2. The molecule has 1 N–H and O–H groups in total. The van der Waals surface area contributed by atoms with E-state index >= 15 is 0 Å². The Morgan fingerprint density at radius 2 is 1.46 bits per heavy atom. The Balaban J connectivity index is 1.96. The summed E-state index contributed by atoms with van der Waals surface area (Å²) in [6.07, 6.45) is 0.589. The minimum Gasteiger partial charge on any atom is -0.497 e. The molecule has 2 amide bonds. The van der Waals surface area contributed by atoms with Crippen LogP contribution in [0.4, 0.5) is 0 Å². The Morgan fingerprint density at radius 3 is 2.09 bits per heavy atom. The van der Waals surface area contributed by atoms with Gasteiger partial charge < -0.3 is 19.7 Å². The van der Waals surface area contributed by atoms with Gasteiger partial charge in [0.25, 0.3) is 0 Å². The molecule has 0 saturated heterocycles. The molecule has 3 aromatic rings. The number of hydrogen-bond acceptors (Lipinski definition) is 4. The number of nitrogens with one attached hydrogen (secondary N) is 1. The van der Waals surface area contributed by atoms with Gasteiger partial charge in [-0.15, -0.1) is 0 Å². The van der Waals surface area contributed by atoms with Crippen LogP contribution < -0.4 is 14.8 Å². The SMILES string of the molecule is COc1ccc(CC(=O)N(Cc2cccc(OC)c2)[C@H](Cc2ccccc2)C(=O)NC(C)C)cc1. The van der Waals surface area contributed by atoms with Crippen molar-refractivity contribution in [3.05, 3.63) is 95.6 Å². The van der Waals surface area contributed by atoms with Crippen molar-refractivity contribution in [1.29, 1.82) is 0 Å². The van der Waals surface area contributed by atoms with Gasteiger partial charge in [0, 0.05) is 19.0 Å². The van der Waals surface area contributed by atoms with Crippen LogP contribution in [0, 0.1) is 0 Å². The number of hydrogen-bond donors (Lipinski definition) is 1. The number of methoxy groups -OCH3 is 2. The molecule has 0 aliphatic carbocycles. The standard InChI is InChI=1S/C29H34N2O4/c1-21(2)30-29(33)27(18-22-9-6-5-7-10-22)31(20-24-11-8-12-26(17-24)35-4)28(32)19-23-13-15-25(34-3)16-14-23/h5-17,21,27H,18-20H2,1-4H3,(H,30,33)/t27-/m1/s1. The van der Waals surface area contributed by atoms with Crippen molar-refractivity contribution in [2.45, 2.75) is 45.3 Å². The van der Waals surface area contributed by atoms with Crippen molar-refractivity contribution >= 4 is 11.8 Å². The van der Waals surface area contributed by atoms with E-state index in [4.69, 9.17) is 9.47 Å². The first-order valence-corrected chi connectivity index (χ1v) is 11.8. The van der Waals surface area contributed by atoms with E-state index in [0.29, 0.717) is 12.2 Å². The molecule has 0 saturated carbocycles. The largest absolute Gasteiger partial charge is 0.497 e. The molecule has 184 valence electrons. The molecule has 6 heteroatoms. The van der Waals surface area contributed by atoms with Crippen LogP contribution in [0.3, 0.4) is 0 Å². The summed E-state index contributed by atoms with van der Waals surface area (Å²) in [5.41, 5.74) is 2.74. The lowest BCUT2D eigenvalue weighted by Gasteiger charge is -2.32. The molecule has 6 nitrogen and oxygen atoms in total. The fraction of sp³-hybridized carbons (Fsp3) is 0.310. The molecule has 3 rings (SSSR count). The second-order valence-corrected chi connectivity index (χ2v) is 8.77. The molecular weight excluding hydrogens is 440 g/mol. The van der Waals surface area contributed by atoms with Gasteiger partial charge in [0.15, 0.2) is 0 Å². The fourth-order valence-electron chi connectivity index (χ4n) is 3.92. The van der Waals surface area contributed by atoms with Gasteiger partial charge in [-0.1, -0.05) is 54.6 Å². The molecule has 0 bridgehead atoms. The summed E-state index contributed by atoms with van der Waals surface area (Å²) in [4.78, 5) is 28.8. The van der Waals surface area contributed by atoms with Gasteiger partial charge >= 0.3 is 0 Å². The Labute approximate surface area is 207 Å². The third-order valence-electron chi connectivity index (χ3n) is 5.70. The first-order chi connectivity index (χ1) is 16.9. The van der Waals surface area contributed by atoms with Crippen LogP contribution in [-0.2, 0) is 29.0 Å². The molecule has 0 aromatic heterocycles. The van der Waals surface area contributed by atoms with Crippen LogP contribution in [0.2, 0.25) is 0 Å². The summed E-state index contributed by atoms with van der Waals surface area (Å²) < 4.78 is 10.6. The van der Waals surface area contributed by atoms with E-state index < -0.39 is 6.04 Å². The quantitative estimate of drug-likeness (QED) is 0.447. The third kappa shape index (κ3) is 7.60. The molecule has 0 radical (unpaired) electrons. The Hall–Kier alpha value is -3.80. The molecular formula is C29H34N2O4. The Kier molecular flexibility index (Phi) is 9.30. The van der Waals surface area contributed by atoms with Crippen molar-refractivity contribution in [1.82, 2.24) is 10.2 Å². The summed E-state index contributed by atoms with van der Waals surface area (Å²) >= 11 is 0. The first kappa shape index (κ1) is 25.8. The van der Waals surface area contributed by atoms with Crippen LogP contribution in [0.25, 0.3) is 0 Å². The number of rotatable bonds is 11. The summed E-state index contributed by atoms with van der Waals surface area (Å²) in [6.45, 7) is 4.13. The predicted octanol–water partition coefficient (Wildman–Crippen LogP) is 4.41. The van der Waals surface area contributed by atoms with Gasteiger partial charge in [-0.25, -0.2) is 0 Å². The van der Waals surface area contributed by atoms with Gasteiger partial charge in [0.05, 0.1) is 20.6 Å². The average molecular weight is 475 g/mol. The highest BCUT2D eigenvalue weighted by atomic mass is 16.5. The number of ether oxygens (including phenoxy) is 2. The second kappa shape index (κ2) is 12.6. The second-order valence-electron chi connectivity index (χ2n) is 8.77. The van der Waals surface area contributed by atoms with Gasteiger partial charge in [0.1, 0.15) is 17.5 Å². The first-order valence-electron chi connectivity index (χ1n) is 11.8. The fourth-order valence-corrected chi connectivity index (χ4v) is 3.92. The van der Waals surface area contributed by atoms with Crippen LogP contribution in [0.5, 0.6) is 11.5 Å². The highest BCUT2D eigenvalue weighted by Crippen LogP contribution is 2.20. The van der Waals surface area contributed by atoms with Crippen LogP contribution in [0.1, 0.15) is 30.5 Å². The molecule has 0 fully saturated rings. The zero-order valence-electron chi connectivity index (χ0n) is 20.9. The predicted molar refractivity (Wildman–Crippen MR) is 137 cm³/mol. The molecule has 0 heterocycles. The average Bonchev–Trinajstić information content (AvgIpc) is 2.86. The number of carbonyl (C=O) groups excluding carboxylic acids is 2. The molecule has 0 spiro atoms. The van der Waals surface area contributed by atoms with E-state index in [1.807, 2.05) is 92.7 Å². The molecule has 1 atom stereocenters. The van der Waals surface area contributed by atoms with E-state index in [0.717, 1.165) is 22.4 Å². The van der Waals surface area contributed by atoms with Gasteiger partial charge in [0.2, 0.25) is 11.8 Å². The zero-order valence-corrected chi connectivity index (χ0v) is 20.9. The van der Waals surface area contributed by atoms with E-state index in [1.54, 1.807) is 19.1 Å². The highest BCUT2D eigenvalue weighted by Gasteiger charge is 2.30. The molecule has 0 unspecified atom stereocenters. The van der Waals surface area contributed by atoms with Crippen molar-refractivity contribution in [2.24, 2.45) is 0 Å². The monoisotopic (exact) mass is 474 g/mol. The molecule has 0 aliphatic heterocycles. The maximum Gasteiger partial charge on any atom is 0.243 e. The molecule has 3 aromatic carbocycles.